The molecule has 1 saturated carbocycles. The summed E-state index contributed by atoms with van der Waals surface area (Å²) in [6, 6.07) is 0. The van der Waals surface area contributed by atoms with Crippen molar-refractivity contribution in [3.05, 3.63) is 0 Å². The van der Waals surface area contributed by atoms with Crippen LogP contribution in [0.2, 0.25) is 0 Å². The number of carbonyl (C=O) groups is 1. The van der Waals surface area contributed by atoms with Crippen LogP contribution in [0.1, 0.15) is 26.2 Å². The fraction of sp³-hybridized carbons (Fsp3) is 0.900. The number of nitrogens with one attached hydrogen (secondary N) is 1. The predicted octanol–water partition coefficient (Wildman–Crippen LogP) is 0.344. The highest BCUT2D eigenvalue weighted by Crippen LogP contribution is 2.37. The van der Waals surface area contributed by atoms with Gasteiger partial charge in [-0.1, -0.05) is 6.92 Å². The molecule has 0 aromatic carbocycles. The zero-order chi connectivity index (χ0) is 10.6. The monoisotopic (exact) mass is 199 g/mol. The van der Waals surface area contributed by atoms with Crippen molar-refractivity contribution in [3.8, 4) is 0 Å². The second kappa shape index (κ2) is 5.32. The van der Waals surface area contributed by atoms with Gasteiger partial charge in [0.25, 0.3) is 0 Å². The third-order valence-corrected chi connectivity index (χ3v) is 2.93. The largest absolute Gasteiger partial charge is 0.306 e. The minimum atomic E-state index is -0.0711. The molecule has 4 nitrogen and oxygen atoms in total. The molecule has 0 heterocycles. The Balaban J connectivity index is 1.97. The highest BCUT2D eigenvalue weighted by molar-refractivity contribution is 5.75. The summed E-state index contributed by atoms with van der Waals surface area (Å²) in [6.07, 6.45) is 2.79. The first-order chi connectivity index (χ1) is 6.63. The van der Waals surface area contributed by atoms with E-state index in [1.165, 1.54) is 13.0 Å². The van der Waals surface area contributed by atoms with Crippen LogP contribution in [-0.2, 0) is 4.79 Å². The van der Waals surface area contributed by atoms with Gasteiger partial charge in [0.1, 0.15) is 0 Å². The summed E-state index contributed by atoms with van der Waals surface area (Å²) in [5, 5.41) is 0. The Bertz CT molecular complexity index is 196. The van der Waals surface area contributed by atoms with Gasteiger partial charge in [-0.05, 0) is 38.3 Å². The Labute approximate surface area is 85.8 Å². The zero-order valence-electron chi connectivity index (χ0n) is 9.12. The number of hydrogen-bond donors (Lipinski definition) is 2. The van der Waals surface area contributed by atoms with Crippen LogP contribution in [0.4, 0.5) is 0 Å². The molecule has 1 aliphatic rings. The molecule has 2 unspecified atom stereocenters. The quantitative estimate of drug-likeness (QED) is 0.368. The molecule has 1 rings (SSSR count). The summed E-state index contributed by atoms with van der Waals surface area (Å²) in [6.45, 7) is 4.45. The van der Waals surface area contributed by atoms with Crippen LogP contribution in [0.5, 0.6) is 0 Å². The van der Waals surface area contributed by atoms with Crippen LogP contribution >= 0.6 is 0 Å². The van der Waals surface area contributed by atoms with E-state index in [1.54, 1.807) is 0 Å². The number of nitrogens with zero attached hydrogens (tertiary/aromatic N) is 1. The Morgan fingerprint density at radius 1 is 1.64 bits per heavy atom. The number of nitrogens with two attached hydrogens (primary N) is 1. The van der Waals surface area contributed by atoms with Gasteiger partial charge in [0.15, 0.2) is 0 Å². The number of hydrazine groups is 1. The predicted molar refractivity (Wildman–Crippen MR) is 56.3 cm³/mol. The number of amides is 1. The highest BCUT2D eigenvalue weighted by atomic mass is 16.2. The molecular weight excluding hydrogens is 178 g/mol. The minimum absolute atomic E-state index is 0.0711. The molecule has 1 aliphatic carbocycles. The van der Waals surface area contributed by atoms with E-state index >= 15 is 0 Å². The lowest BCUT2D eigenvalue weighted by Gasteiger charge is -2.15. The molecule has 2 atom stereocenters. The first-order valence-electron chi connectivity index (χ1n) is 5.31. The summed E-state index contributed by atoms with van der Waals surface area (Å²) < 4.78 is 0. The lowest BCUT2D eigenvalue weighted by Crippen LogP contribution is -2.31. The normalized spacial score (nSPS) is 25.1. The lowest BCUT2D eigenvalue weighted by molar-refractivity contribution is -0.121. The fourth-order valence-corrected chi connectivity index (χ4v) is 1.73. The first-order valence-corrected chi connectivity index (χ1v) is 5.31. The summed E-state index contributed by atoms with van der Waals surface area (Å²) in [5.41, 5.74) is 2.14. The molecule has 82 valence electrons. The summed E-state index contributed by atoms with van der Waals surface area (Å²) >= 11 is 0. The molecule has 4 heteroatoms. The summed E-state index contributed by atoms with van der Waals surface area (Å²) in [4.78, 5) is 13.1. The maximum Gasteiger partial charge on any atom is 0.233 e. The van der Waals surface area contributed by atoms with E-state index in [1.807, 2.05) is 0 Å². The number of carbonyl (C=O) groups excluding carboxylic acids is 1. The molecule has 14 heavy (non-hydrogen) atoms. The van der Waals surface area contributed by atoms with Crippen LogP contribution in [0.3, 0.4) is 0 Å². The third-order valence-electron chi connectivity index (χ3n) is 2.93. The fourth-order valence-electron chi connectivity index (χ4n) is 1.73. The van der Waals surface area contributed by atoms with Crippen LogP contribution in [0, 0.1) is 11.8 Å². The second-order valence-corrected chi connectivity index (χ2v) is 4.41. The van der Waals surface area contributed by atoms with Gasteiger partial charge >= 0.3 is 0 Å². The van der Waals surface area contributed by atoms with Crippen LogP contribution < -0.4 is 11.3 Å². The van der Waals surface area contributed by atoms with Crippen molar-refractivity contribution in [2.45, 2.75) is 26.2 Å². The van der Waals surface area contributed by atoms with E-state index in [0.717, 1.165) is 24.8 Å². The van der Waals surface area contributed by atoms with Gasteiger partial charge < -0.3 is 4.90 Å². The molecule has 0 saturated heterocycles. The van der Waals surface area contributed by atoms with Crippen molar-refractivity contribution >= 4 is 5.91 Å². The van der Waals surface area contributed by atoms with Gasteiger partial charge in [-0.2, -0.15) is 0 Å². The van der Waals surface area contributed by atoms with Gasteiger partial charge in [-0.15, -0.1) is 0 Å². The van der Waals surface area contributed by atoms with E-state index in [-0.39, 0.29) is 5.91 Å². The molecule has 0 aliphatic heterocycles. The van der Waals surface area contributed by atoms with Crippen molar-refractivity contribution in [2.24, 2.45) is 17.7 Å². The van der Waals surface area contributed by atoms with Crippen LogP contribution in [0.25, 0.3) is 0 Å². The highest BCUT2D eigenvalue weighted by Gasteiger charge is 2.32. The van der Waals surface area contributed by atoms with E-state index in [2.05, 4.69) is 24.3 Å². The van der Waals surface area contributed by atoms with Gasteiger partial charge in [0.2, 0.25) is 5.91 Å². The Kier molecular flexibility index (Phi) is 4.35. The van der Waals surface area contributed by atoms with E-state index in [4.69, 9.17) is 5.84 Å². The van der Waals surface area contributed by atoms with Crippen molar-refractivity contribution in [1.82, 2.24) is 10.3 Å². The lowest BCUT2D eigenvalue weighted by atomic mass is 10.2. The van der Waals surface area contributed by atoms with Gasteiger partial charge in [-0.25, -0.2) is 5.84 Å². The van der Waals surface area contributed by atoms with E-state index in [9.17, 15) is 4.79 Å². The number of rotatable bonds is 6. The van der Waals surface area contributed by atoms with Crippen LogP contribution in [0.15, 0.2) is 0 Å². The maximum atomic E-state index is 10.8. The molecule has 0 spiro atoms. The summed E-state index contributed by atoms with van der Waals surface area (Å²) in [5.74, 6) is 6.71. The Morgan fingerprint density at radius 2 is 2.29 bits per heavy atom. The smallest absolute Gasteiger partial charge is 0.233 e. The van der Waals surface area contributed by atoms with Crippen LogP contribution in [-0.4, -0.2) is 30.9 Å². The number of hydrogen-bond acceptors (Lipinski definition) is 3. The standard InChI is InChI=1S/C10H21N3O/c1-8-6-9(8)7-13(2)5-3-4-10(14)12-11/h8-9H,3-7,11H2,1-2H3,(H,12,14). The average molecular weight is 199 g/mol. The molecular formula is C10H21N3O. The van der Waals surface area contributed by atoms with E-state index < -0.39 is 0 Å². The van der Waals surface area contributed by atoms with Crippen molar-refractivity contribution in [2.75, 3.05) is 20.1 Å². The molecule has 0 radical (unpaired) electrons. The zero-order valence-corrected chi connectivity index (χ0v) is 9.12. The molecule has 1 fully saturated rings. The molecule has 0 aromatic rings. The molecule has 0 aromatic heterocycles. The second-order valence-electron chi connectivity index (χ2n) is 4.41. The third kappa shape index (κ3) is 4.07. The average Bonchev–Trinajstić information content (AvgIpc) is 2.81. The van der Waals surface area contributed by atoms with Crippen molar-refractivity contribution < 1.29 is 4.79 Å². The molecule has 3 N–H and O–H groups in total. The maximum absolute atomic E-state index is 10.8. The SMILES string of the molecule is CC1CC1CN(C)CCCC(=O)NN. The molecule has 0 bridgehead atoms. The van der Waals surface area contributed by atoms with Gasteiger partial charge in [0.05, 0.1) is 0 Å². The molecule has 1 amide bonds. The topological polar surface area (TPSA) is 58.4 Å². The van der Waals surface area contributed by atoms with Gasteiger partial charge in [-0.3, -0.25) is 10.2 Å². The van der Waals surface area contributed by atoms with Crippen molar-refractivity contribution in [1.29, 1.82) is 0 Å². The van der Waals surface area contributed by atoms with E-state index in [0.29, 0.717) is 6.42 Å². The minimum Gasteiger partial charge on any atom is -0.306 e. The van der Waals surface area contributed by atoms with Gasteiger partial charge in [0, 0.05) is 13.0 Å². The Morgan fingerprint density at radius 3 is 2.79 bits per heavy atom. The Hall–Kier alpha value is -0.610. The first kappa shape index (κ1) is 11.5. The summed E-state index contributed by atoms with van der Waals surface area (Å²) in [7, 11) is 2.12. The van der Waals surface area contributed by atoms with Crippen molar-refractivity contribution in [3.63, 3.8) is 0 Å².